The van der Waals surface area contributed by atoms with Gasteiger partial charge < -0.3 is 20.7 Å². The van der Waals surface area contributed by atoms with Crippen LogP contribution in [0.4, 0.5) is 11.4 Å². The van der Waals surface area contributed by atoms with E-state index in [0.29, 0.717) is 27.9 Å². The molecule has 136 valence electrons. The fourth-order valence-corrected chi connectivity index (χ4v) is 3.07. The highest BCUT2D eigenvalue weighted by Crippen LogP contribution is 2.18. The van der Waals surface area contributed by atoms with E-state index in [1.54, 1.807) is 18.2 Å². The summed E-state index contributed by atoms with van der Waals surface area (Å²) in [5, 5.41) is 10.1. The van der Waals surface area contributed by atoms with Crippen molar-refractivity contribution in [2.75, 3.05) is 23.8 Å². The molecular formula is C19H20ClN3O2S. The number of rotatable bonds is 5. The second kappa shape index (κ2) is 8.98. The number of nitrogens with one attached hydrogen (secondary N) is 3. The van der Waals surface area contributed by atoms with Crippen molar-refractivity contribution >= 4 is 46.2 Å². The monoisotopic (exact) mass is 389 g/mol. The number of ether oxygens (including phenoxy) is 1. The molecule has 0 spiro atoms. The normalized spacial score (nSPS) is 16.1. The van der Waals surface area contributed by atoms with Gasteiger partial charge in [-0.1, -0.05) is 23.7 Å². The Hall–Kier alpha value is -2.15. The van der Waals surface area contributed by atoms with E-state index in [0.717, 1.165) is 25.1 Å². The smallest absolute Gasteiger partial charge is 0.253 e. The molecule has 0 aliphatic carbocycles. The van der Waals surface area contributed by atoms with Crippen LogP contribution < -0.4 is 16.0 Å². The second-order valence-electron chi connectivity index (χ2n) is 5.98. The fraction of sp³-hybridized carbons (Fsp3) is 0.263. The Morgan fingerprint density at radius 2 is 1.92 bits per heavy atom. The molecule has 2 aromatic carbocycles. The standard InChI is InChI=1S/C19H20ClN3O2S/c20-13-7-9-14(10-8-13)22-19(26)23-17-6-2-1-5-16(17)18(24)21-12-15-4-3-11-25-15/h1-2,5-10,15H,3-4,11-12H2,(H,21,24)(H2,22,23,26)/t15-/m0/s1. The molecule has 0 radical (unpaired) electrons. The molecule has 0 unspecified atom stereocenters. The third kappa shape index (κ3) is 5.17. The van der Waals surface area contributed by atoms with E-state index in [-0.39, 0.29) is 12.0 Å². The van der Waals surface area contributed by atoms with Gasteiger partial charge in [0.05, 0.1) is 17.4 Å². The first-order valence-corrected chi connectivity index (χ1v) is 9.23. The molecule has 1 aliphatic heterocycles. The molecule has 1 amide bonds. The Kier molecular flexibility index (Phi) is 6.44. The molecule has 1 fully saturated rings. The molecule has 5 nitrogen and oxygen atoms in total. The summed E-state index contributed by atoms with van der Waals surface area (Å²) < 4.78 is 5.54. The van der Waals surface area contributed by atoms with Crippen molar-refractivity contribution in [1.82, 2.24) is 5.32 Å². The van der Waals surface area contributed by atoms with Gasteiger partial charge in [-0.15, -0.1) is 0 Å². The number of hydrogen-bond donors (Lipinski definition) is 3. The second-order valence-corrected chi connectivity index (χ2v) is 6.82. The van der Waals surface area contributed by atoms with E-state index in [1.165, 1.54) is 0 Å². The van der Waals surface area contributed by atoms with Crippen LogP contribution in [0.15, 0.2) is 48.5 Å². The summed E-state index contributed by atoms with van der Waals surface area (Å²) in [6.45, 7) is 1.28. The first kappa shape index (κ1) is 18.6. The van der Waals surface area contributed by atoms with Gasteiger partial charge in [0.15, 0.2) is 5.11 Å². The zero-order valence-electron chi connectivity index (χ0n) is 14.1. The summed E-state index contributed by atoms with van der Waals surface area (Å²) in [5.74, 6) is -0.155. The number of anilines is 2. The van der Waals surface area contributed by atoms with Crippen molar-refractivity contribution in [3.8, 4) is 0 Å². The maximum atomic E-state index is 12.5. The zero-order chi connectivity index (χ0) is 18.4. The van der Waals surface area contributed by atoms with Crippen LogP contribution in [0.2, 0.25) is 5.02 Å². The lowest BCUT2D eigenvalue weighted by Gasteiger charge is -2.15. The van der Waals surface area contributed by atoms with E-state index in [4.69, 9.17) is 28.6 Å². The van der Waals surface area contributed by atoms with Crippen LogP contribution >= 0.6 is 23.8 Å². The Morgan fingerprint density at radius 3 is 2.65 bits per heavy atom. The molecule has 7 heteroatoms. The van der Waals surface area contributed by atoms with E-state index in [9.17, 15) is 4.79 Å². The molecule has 2 aromatic rings. The zero-order valence-corrected chi connectivity index (χ0v) is 15.7. The Bertz CT molecular complexity index is 777. The lowest BCUT2D eigenvalue weighted by Crippen LogP contribution is -2.32. The van der Waals surface area contributed by atoms with Crippen LogP contribution in [0.1, 0.15) is 23.2 Å². The molecule has 0 saturated carbocycles. The summed E-state index contributed by atoms with van der Waals surface area (Å²) in [7, 11) is 0. The van der Waals surface area contributed by atoms with Crippen molar-refractivity contribution in [2.45, 2.75) is 18.9 Å². The minimum Gasteiger partial charge on any atom is -0.376 e. The highest BCUT2D eigenvalue weighted by atomic mass is 35.5. The van der Waals surface area contributed by atoms with Gasteiger partial charge >= 0.3 is 0 Å². The van der Waals surface area contributed by atoms with Crippen LogP contribution in [-0.4, -0.2) is 30.3 Å². The van der Waals surface area contributed by atoms with Crippen molar-refractivity contribution < 1.29 is 9.53 Å². The van der Waals surface area contributed by atoms with E-state index < -0.39 is 0 Å². The molecule has 0 aromatic heterocycles. The highest BCUT2D eigenvalue weighted by molar-refractivity contribution is 7.80. The maximum Gasteiger partial charge on any atom is 0.253 e. The van der Waals surface area contributed by atoms with Crippen LogP contribution in [0.5, 0.6) is 0 Å². The fourth-order valence-electron chi connectivity index (χ4n) is 2.72. The molecule has 0 bridgehead atoms. The first-order valence-electron chi connectivity index (χ1n) is 8.44. The summed E-state index contributed by atoms with van der Waals surface area (Å²) in [5.41, 5.74) is 1.99. The Morgan fingerprint density at radius 1 is 1.15 bits per heavy atom. The van der Waals surface area contributed by atoms with Gasteiger partial charge in [0.25, 0.3) is 5.91 Å². The first-order chi connectivity index (χ1) is 12.6. The molecule has 1 atom stereocenters. The number of carbonyl (C=O) groups is 1. The van der Waals surface area contributed by atoms with Gasteiger partial charge in [0, 0.05) is 23.9 Å². The SMILES string of the molecule is O=C(NC[C@@H]1CCCO1)c1ccccc1NC(=S)Nc1ccc(Cl)cc1. The van der Waals surface area contributed by atoms with Crippen LogP contribution in [0, 0.1) is 0 Å². The maximum absolute atomic E-state index is 12.5. The number of hydrogen-bond acceptors (Lipinski definition) is 3. The Labute approximate surface area is 163 Å². The molecule has 1 aliphatic rings. The van der Waals surface area contributed by atoms with Gasteiger partial charge in [-0.2, -0.15) is 0 Å². The van der Waals surface area contributed by atoms with Crippen molar-refractivity contribution in [1.29, 1.82) is 0 Å². The molecule has 1 saturated heterocycles. The lowest BCUT2D eigenvalue weighted by atomic mass is 10.1. The van der Waals surface area contributed by atoms with Gasteiger partial charge in [-0.25, -0.2) is 0 Å². The summed E-state index contributed by atoms with van der Waals surface area (Å²) in [6.07, 6.45) is 2.13. The molecule has 3 N–H and O–H groups in total. The van der Waals surface area contributed by atoms with Crippen LogP contribution in [-0.2, 0) is 4.74 Å². The number of thiocarbonyl (C=S) groups is 1. The topological polar surface area (TPSA) is 62.4 Å². The molecular weight excluding hydrogens is 370 g/mol. The van der Waals surface area contributed by atoms with E-state index in [1.807, 2.05) is 30.3 Å². The Balaban J connectivity index is 1.61. The molecule has 3 rings (SSSR count). The van der Waals surface area contributed by atoms with Gasteiger partial charge in [0.1, 0.15) is 0 Å². The third-order valence-electron chi connectivity index (χ3n) is 4.04. The van der Waals surface area contributed by atoms with Gasteiger partial charge in [0.2, 0.25) is 0 Å². The third-order valence-corrected chi connectivity index (χ3v) is 4.49. The largest absolute Gasteiger partial charge is 0.376 e. The minimum absolute atomic E-state index is 0.103. The highest BCUT2D eigenvalue weighted by Gasteiger charge is 2.18. The molecule has 26 heavy (non-hydrogen) atoms. The number of benzene rings is 2. The predicted molar refractivity (Wildman–Crippen MR) is 109 cm³/mol. The number of para-hydroxylation sites is 1. The van der Waals surface area contributed by atoms with Crippen molar-refractivity contribution in [3.63, 3.8) is 0 Å². The number of carbonyl (C=O) groups excluding carboxylic acids is 1. The number of halogens is 1. The predicted octanol–water partition coefficient (Wildman–Crippen LogP) is 4.06. The number of amides is 1. The summed E-state index contributed by atoms with van der Waals surface area (Å²) >= 11 is 11.2. The molecule has 1 heterocycles. The summed E-state index contributed by atoms with van der Waals surface area (Å²) in [6, 6.07) is 14.5. The van der Waals surface area contributed by atoms with E-state index >= 15 is 0 Å². The summed E-state index contributed by atoms with van der Waals surface area (Å²) in [4.78, 5) is 12.5. The van der Waals surface area contributed by atoms with E-state index in [2.05, 4.69) is 16.0 Å². The minimum atomic E-state index is -0.155. The van der Waals surface area contributed by atoms with Crippen LogP contribution in [0.25, 0.3) is 0 Å². The van der Waals surface area contributed by atoms with Gasteiger partial charge in [-0.05, 0) is 61.5 Å². The van der Waals surface area contributed by atoms with Crippen LogP contribution in [0.3, 0.4) is 0 Å². The average Bonchev–Trinajstić information content (AvgIpc) is 3.16. The average molecular weight is 390 g/mol. The van der Waals surface area contributed by atoms with Crippen molar-refractivity contribution in [3.05, 3.63) is 59.1 Å². The van der Waals surface area contributed by atoms with Crippen molar-refractivity contribution in [2.24, 2.45) is 0 Å². The lowest BCUT2D eigenvalue weighted by molar-refractivity contribution is 0.0858. The quantitative estimate of drug-likeness (QED) is 0.673. The van der Waals surface area contributed by atoms with Gasteiger partial charge in [-0.3, -0.25) is 4.79 Å².